The second-order valence-electron chi connectivity index (χ2n) is 8.27. The monoisotopic (exact) mass is 449 g/mol. The molecule has 0 saturated heterocycles. The van der Waals surface area contributed by atoms with E-state index >= 15 is 0 Å². The number of hydrogen-bond donors (Lipinski definition) is 0. The molecule has 1 heterocycles. The predicted molar refractivity (Wildman–Crippen MR) is 129 cm³/mol. The van der Waals surface area contributed by atoms with Gasteiger partial charge >= 0.3 is 0 Å². The summed E-state index contributed by atoms with van der Waals surface area (Å²) in [7, 11) is 1.63. The molecule has 4 rings (SSSR count). The first-order chi connectivity index (χ1) is 15.4. The van der Waals surface area contributed by atoms with Crippen molar-refractivity contribution in [3.63, 3.8) is 0 Å². The zero-order chi connectivity index (χ0) is 22.8. The number of carbonyl (C=O) groups is 1. The highest BCUT2D eigenvalue weighted by Gasteiger charge is 2.36. The van der Waals surface area contributed by atoms with Gasteiger partial charge in [-0.1, -0.05) is 48.4 Å². The molecule has 2 unspecified atom stereocenters. The molecule has 3 aromatic rings. The third-order valence-corrected chi connectivity index (χ3v) is 6.24. The predicted octanol–water partition coefficient (Wildman–Crippen LogP) is 6.51. The van der Waals surface area contributed by atoms with Crippen molar-refractivity contribution in [2.45, 2.75) is 45.8 Å². The Morgan fingerprint density at radius 2 is 1.75 bits per heavy atom. The second-order valence-corrected chi connectivity index (χ2v) is 8.71. The molecule has 32 heavy (non-hydrogen) atoms. The fraction of sp³-hybridized carbons (Fsp3) is 0.296. The molecule has 1 aliphatic rings. The molecule has 0 saturated carbocycles. The van der Waals surface area contributed by atoms with Crippen LogP contribution in [0.2, 0.25) is 5.02 Å². The van der Waals surface area contributed by atoms with Gasteiger partial charge in [0.15, 0.2) is 11.5 Å². The lowest BCUT2D eigenvalue weighted by Gasteiger charge is -2.38. The van der Waals surface area contributed by atoms with Gasteiger partial charge in [0.2, 0.25) is 5.91 Å². The van der Waals surface area contributed by atoms with E-state index in [0.717, 1.165) is 34.4 Å². The van der Waals surface area contributed by atoms with Crippen LogP contribution in [0.25, 0.3) is 0 Å². The molecule has 4 nitrogen and oxygen atoms in total. The van der Waals surface area contributed by atoms with Gasteiger partial charge in [0.05, 0.1) is 25.7 Å². The number of nitrogens with zero attached hydrogens (tertiary/aromatic N) is 1. The zero-order valence-electron chi connectivity index (χ0n) is 18.9. The number of benzene rings is 3. The first kappa shape index (κ1) is 22.2. The highest BCUT2D eigenvalue weighted by molar-refractivity contribution is 6.30. The van der Waals surface area contributed by atoms with Crippen molar-refractivity contribution in [3.8, 4) is 11.5 Å². The van der Waals surface area contributed by atoms with E-state index < -0.39 is 0 Å². The van der Waals surface area contributed by atoms with Crippen LogP contribution in [0.15, 0.2) is 60.7 Å². The van der Waals surface area contributed by atoms with E-state index in [0.29, 0.717) is 22.9 Å². The third-order valence-electron chi connectivity index (χ3n) is 5.99. The Balaban J connectivity index is 1.90. The lowest BCUT2D eigenvalue weighted by Crippen LogP contribution is -2.41. The van der Waals surface area contributed by atoms with Gasteiger partial charge in [-0.25, -0.2) is 0 Å². The summed E-state index contributed by atoms with van der Waals surface area (Å²) in [5.41, 5.74) is 4.99. The van der Waals surface area contributed by atoms with Gasteiger partial charge in [-0.15, -0.1) is 0 Å². The largest absolute Gasteiger partial charge is 0.493 e. The normalized spacial score (nSPS) is 16.5. The van der Waals surface area contributed by atoms with Crippen LogP contribution in [0.5, 0.6) is 11.5 Å². The van der Waals surface area contributed by atoms with Crippen molar-refractivity contribution in [2.75, 3.05) is 12.0 Å². The SMILES string of the molecule is CCC(C)Oc1cc2c(cc1OC)CC(=O)N(c1ccc(C)cc1)C2c1ccc(Cl)cc1. The van der Waals surface area contributed by atoms with Crippen molar-refractivity contribution in [2.24, 2.45) is 0 Å². The molecule has 1 aliphatic heterocycles. The summed E-state index contributed by atoms with van der Waals surface area (Å²) < 4.78 is 11.8. The van der Waals surface area contributed by atoms with E-state index in [2.05, 4.69) is 6.92 Å². The fourth-order valence-corrected chi connectivity index (χ4v) is 4.21. The van der Waals surface area contributed by atoms with E-state index in [4.69, 9.17) is 21.1 Å². The van der Waals surface area contributed by atoms with Gasteiger partial charge in [-0.3, -0.25) is 4.79 Å². The van der Waals surface area contributed by atoms with E-state index in [9.17, 15) is 4.79 Å². The van der Waals surface area contributed by atoms with Crippen LogP contribution in [0.3, 0.4) is 0 Å². The molecule has 0 aliphatic carbocycles. The Morgan fingerprint density at radius 1 is 1.06 bits per heavy atom. The Labute approximate surface area is 194 Å². The van der Waals surface area contributed by atoms with Crippen LogP contribution >= 0.6 is 11.6 Å². The van der Waals surface area contributed by atoms with Crippen molar-refractivity contribution in [1.82, 2.24) is 0 Å². The lowest BCUT2D eigenvalue weighted by molar-refractivity contribution is -0.118. The minimum Gasteiger partial charge on any atom is -0.493 e. The molecule has 0 N–H and O–H groups in total. The van der Waals surface area contributed by atoms with Crippen LogP contribution in [-0.4, -0.2) is 19.1 Å². The number of aryl methyl sites for hydroxylation is 1. The number of ether oxygens (including phenoxy) is 2. The smallest absolute Gasteiger partial charge is 0.232 e. The van der Waals surface area contributed by atoms with Gasteiger partial charge in [0.25, 0.3) is 0 Å². The number of halogens is 1. The van der Waals surface area contributed by atoms with Gasteiger partial charge in [-0.2, -0.15) is 0 Å². The summed E-state index contributed by atoms with van der Waals surface area (Å²) in [5, 5.41) is 0.661. The molecule has 0 fully saturated rings. The third kappa shape index (κ3) is 4.33. The summed E-state index contributed by atoms with van der Waals surface area (Å²) >= 11 is 6.17. The topological polar surface area (TPSA) is 38.8 Å². The van der Waals surface area contributed by atoms with Crippen molar-refractivity contribution in [1.29, 1.82) is 0 Å². The molecule has 5 heteroatoms. The maximum Gasteiger partial charge on any atom is 0.232 e. The standard InChI is InChI=1S/C27H28ClNO3/c1-5-18(3)32-25-16-23-20(14-24(25)31-4)15-26(30)29(22-12-6-17(2)7-13-22)27(23)19-8-10-21(28)11-9-19/h6-14,16,18,27H,5,15H2,1-4H3. The molecule has 1 amide bonds. The average Bonchev–Trinajstić information content (AvgIpc) is 2.79. The number of amides is 1. The molecule has 2 atom stereocenters. The van der Waals surface area contributed by atoms with Gasteiger partial charge in [0, 0.05) is 10.7 Å². The van der Waals surface area contributed by atoms with E-state index in [1.54, 1.807) is 7.11 Å². The van der Waals surface area contributed by atoms with Crippen molar-refractivity contribution in [3.05, 3.63) is 87.9 Å². The lowest BCUT2D eigenvalue weighted by atomic mass is 9.86. The Hall–Kier alpha value is -2.98. The van der Waals surface area contributed by atoms with Gasteiger partial charge in [0.1, 0.15) is 0 Å². The molecule has 0 spiro atoms. The summed E-state index contributed by atoms with van der Waals surface area (Å²) in [6, 6.07) is 19.4. The molecule has 0 radical (unpaired) electrons. The Bertz CT molecular complexity index is 1110. The summed E-state index contributed by atoms with van der Waals surface area (Å²) in [6.45, 7) is 6.17. The first-order valence-electron chi connectivity index (χ1n) is 10.9. The Kier molecular flexibility index (Phi) is 6.43. The van der Waals surface area contributed by atoms with Crippen LogP contribution in [-0.2, 0) is 11.2 Å². The van der Waals surface area contributed by atoms with E-state index in [1.165, 1.54) is 0 Å². The molecule has 3 aromatic carbocycles. The molecule has 0 aromatic heterocycles. The molecular weight excluding hydrogens is 422 g/mol. The maximum atomic E-state index is 13.4. The number of rotatable bonds is 6. The summed E-state index contributed by atoms with van der Waals surface area (Å²) in [5.74, 6) is 1.38. The fourth-order valence-electron chi connectivity index (χ4n) is 4.08. The number of anilines is 1. The van der Waals surface area contributed by atoms with Crippen LogP contribution in [0.4, 0.5) is 5.69 Å². The zero-order valence-corrected chi connectivity index (χ0v) is 19.6. The minimum absolute atomic E-state index is 0.0407. The first-order valence-corrected chi connectivity index (χ1v) is 11.3. The van der Waals surface area contributed by atoms with E-state index in [-0.39, 0.29) is 18.1 Å². The van der Waals surface area contributed by atoms with Crippen molar-refractivity contribution >= 4 is 23.2 Å². The van der Waals surface area contributed by atoms with Crippen LogP contribution in [0, 0.1) is 6.92 Å². The van der Waals surface area contributed by atoms with Crippen molar-refractivity contribution < 1.29 is 14.3 Å². The number of carbonyl (C=O) groups excluding carboxylic acids is 1. The minimum atomic E-state index is -0.295. The van der Waals surface area contributed by atoms with Gasteiger partial charge in [-0.05, 0) is 73.4 Å². The average molecular weight is 450 g/mol. The number of hydrogen-bond acceptors (Lipinski definition) is 3. The second kappa shape index (κ2) is 9.25. The van der Waals surface area contributed by atoms with Crippen LogP contribution < -0.4 is 14.4 Å². The maximum absolute atomic E-state index is 13.4. The molecular formula is C27H28ClNO3. The number of methoxy groups -OCH3 is 1. The van der Waals surface area contributed by atoms with E-state index in [1.807, 2.05) is 79.4 Å². The highest BCUT2D eigenvalue weighted by atomic mass is 35.5. The van der Waals surface area contributed by atoms with Crippen LogP contribution in [0.1, 0.15) is 48.6 Å². The highest BCUT2D eigenvalue weighted by Crippen LogP contribution is 2.43. The summed E-state index contributed by atoms with van der Waals surface area (Å²) in [4.78, 5) is 15.3. The van der Waals surface area contributed by atoms with Gasteiger partial charge < -0.3 is 14.4 Å². The molecule has 0 bridgehead atoms. The molecule has 166 valence electrons. The number of fused-ring (bicyclic) bond motifs is 1. The quantitative estimate of drug-likeness (QED) is 0.430. The Morgan fingerprint density at radius 3 is 2.38 bits per heavy atom. The summed E-state index contributed by atoms with van der Waals surface area (Å²) in [6.07, 6.45) is 1.23.